The average Bonchev–Trinajstić information content (AvgIpc) is 2.04. The molecule has 0 spiro atoms. The maximum absolute atomic E-state index is 12.4. The first-order valence-electron chi connectivity index (χ1n) is 3.90. The van der Waals surface area contributed by atoms with Crippen molar-refractivity contribution in [3.05, 3.63) is 28.3 Å². The Kier molecular flexibility index (Phi) is 4.83. The summed E-state index contributed by atoms with van der Waals surface area (Å²) >= 11 is 5.72. The normalized spacial score (nSPS) is 8.83. The second-order valence-corrected chi connectivity index (χ2v) is 2.54. The number of halogens is 2. The Morgan fingerprint density at radius 3 is 2.25 bits per heavy atom. The molecule has 0 saturated carbocycles. The van der Waals surface area contributed by atoms with Crippen LogP contribution in [0.15, 0.2) is 6.07 Å². The lowest BCUT2D eigenvalue weighted by atomic mass is 10.2. The molecule has 0 unspecified atom stereocenters. The van der Waals surface area contributed by atoms with Crippen molar-refractivity contribution >= 4 is 11.6 Å². The zero-order chi connectivity index (χ0) is 9.72. The highest BCUT2D eigenvalue weighted by Crippen LogP contribution is 2.17. The van der Waals surface area contributed by atoms with Crippen LogP contribution < -0.4 is 0 Å². The van der Waals surface area contributed by atoms with E-state index in [4.69, 9.17) is 11.6 Å². The maximum Gasteiger partial charge on any atom is 0.213 e. The maximum atomic E-state index is 12.4. The van der Waals surface area contributed by atoms with Crippen molar-refractivity contribution in [2.75, 3.05) is 0 Å². The van der Waals surface area contributed by atoms with Crippen LogP contribution in [0.3, 0.4) is 0 Å². The fourth-order valence-electron chi connectivity index (χ4n) is 0.769. The van der Waals surface area contributed by atoms with Gasteiger partial charge in [0.2, 0.25) is 5.95 Å². The lowest BCUT2D eigenvalue weighted by Crippen LogP contribution is -1.90. The number of nitrogens with zero attached hydrogens (tertiary/aromatic N) is 1. The van der Waals surface area contributed by atoms with Gasteiger partial charge in [0, 0.05) is 0 Å². The van der Waals surface area contributed by atoms with Crippen molar-refractivity contribution in [1.29, 1.82) is 0 Å². The molecule has 3 heteroatoms. The van der Waals surface area contributed by atoms with Gasteiger partial charge in [-0.25, -0.2) is 4.98 Å². The summed E-state index contributed by atoms with van der Waals surface area (Å²) in [6.45, 7) is 7.43. The lowest BCUT2D eigenvalue weighted by molar-refractivity contribution is 0.579. The Balaban J connectivity index is 0.000000561. The number of pyridine rings is 1. The first kappa shape index (κ1) is 11.4. The van der Waals surface area contributed by atoms with Gasteiger partial charge in [0.1, 0.15) is 0 Å². The molecule has 0 aliphatic carbocycles. The van der Waals surface area contributed by atoms with E-state index in [9.17, 15) is 4.39 Å². The first-order chi connectivity index (χ1) is 5.61. The SMILES string of the molecule is CC.Cc1cc(F)nc(C)c1Cl. The van der Waals surface area contributed by atoms with E-state index in [1.54, 1.807) is 13.8 Å². The monoisotopic (exact) mass is 189 g/mol. The minimum Gasteiger partial charge on any atom is -0.224 e. The van der Waals surface area contributed by atoms with E-state index in [1.807, 2.05) is 13.8 Å². The predicted molar refractivity (Wildman–Crippen MR) is 50.0 cm³/mol. The number of hydrogen-bond donors (Lipinski definition) is 0. The molecule has 1 heterocycles. The van der Waals surface area contributed by atoms with Gasteiger partial charge in [-0.1, -0.05) is 25.4 Å². The number of aromatic nitrogens is 1. The van der Waals surface area contributed by atoms with E-state index >= 15 is 0 Å². The van der Waals surface area contributed by atoms with Crippen molar-refractivity contribution in [2.24, 2.45) is 0 Å². The van der Waals surface area contributed by atoms with Crippen LogP contribution in [0.2, 0.25) is 5.02 Å². The minimum atomic E-state index is -0.473. The third-order valence-corrected chi connectivity index (χ3v) is 1.85. The molecule has 1 rings (SSSR count). The molecule has 1 aromatic rings. The minimum absolute atomic E-state index is 0.473. The van der Waals surface area contributed by atoms with Crippen LogP contribution >= 0.6 is 11.6 Å². The number of rotatable bonds is 0. The molecule has 0 amide bonds. The van der Waals surface area contributed by atoms with Crippen LogP contribution in [0.25, 0.3) is 0 Å². The van der Waals surface area contributed by atoms with E-state index in [-0.39, 0.29) is 0 Å². The van der Waals surface area contributed by atoms with Gasteiger partial charge in [-0.05, 0) is 25.5 Å². The van der Waals surface area contributed by atoms with Gasteiger partial charge in [0.15, 0.2) is 0 Å². The molecule has 0 saturated heterocycles. The van der Waals surface area contributed by atoms with Crippen molar-refractivity contribution in [3.63, 3.8) is 0 Å². The summed E-state index contributed by atoms with van der Waals surface area (Å²) < 4.78 is 12.4. The summed E-state index contributed by atoms with van der Waals surface area (Å²) in [5, 5.41) is 0.543. The van der Waals surface area contributed by atoms with Crippen molar-refractivity contribution in [3.8, 4) is 0 Å². The smallest absolute Gasteiger partial charge is 0.213 e. The Morgan fingerprint density at radius 2 is 1.83 bits per heavy atom. The summed E-state index contributed by atoms with van der Waals surface area (Å²) in [7, 11) is 0. The zero-order valence-corrected chi connectivity index (χ0v) is 8.54. The third-order valence-electron chi connectivity index (χ3n) is 1.27. The van der Waals surface area contributed by atoms with Crippen LogP contribution in [0.5, 0.6) is 0 Å². The first-order valence-corrected chi connectivity index (χ1v) is 4.28. The molecule has 0 atom stereocenters. The third kappa shape index (κ3) is 2.78. The molecule has 0 aliphatic rings. The van der Waals surface area contributed by atoms with Crippen LogP contribution in [0.4, 0.5) is 4.39 Å². The molecule has 12 heavy (non-hydrogen) atoms. The van der Waals surface area contributed by atoms with Gasteiger partial charge < -0.3 is 0 Å². The quantitative estimate of drug-likeness (QED) is 0.569. The van der Waals surface area contributed by atoms with Crippen LogP contribution in [-0.4, -0.2) is 4.98 Å². The molecule has 1 aromatic heterocycles. The summed E-state index contributed by atoms with van der Waals surface area (Å²) in [5.74, 6) is -0.473. The fraction of sp³-hybridized carbons (Fsp3) is 0.444. The van der Waals surface area contributed by atoms with Gasteiger partial charge >= 0.3 is 0 Å². The Morgan fingerprint density at radius 1 is 1.33 bits per heavy atom. The molecular formula is C9H13ClFN. The van der Waals surface area contributed by atoms with E-state index in [2.05, 4.69) is 4.98 Å². The molecule has 0 radical (unpaired) electrons. The molecule has 0 N–H and O–H groups in total. The predicted octanol–water partition coefficient (Wildman–Crippen LogP) is 3.52. The molecule has 0 aliphatic heterocycles. The summed E-state index contributed by atoms with van der Waals surface area (Å²) in [6.07, 6.45) is 0. The summed E-state index contributed by atoms with van der Waals surface area (Å²) in [6, 6.07) is 1.31. The van der Waals surface area contributed by atoms with Crippen LogP contribution in [-0.2, 0) is 0 Å². The topological polar surface area (TPSA) is 12.9 Å². The summed E-state index contributed by atoms with van der Waals surface area (Å²) in [4.78, 5) is 3.54. The van der Waals surface area contributed by atoms with E-state index in [0.717, 1.165) is 5.56 Å². The fourth-order valence-corrected chi connectivity index (χ4v) is 0.866. The highest BCUT2D eigenvalue weighted by atomic mass is 35.5. The standard InChI is InChI=1S/C7H7ClFN.C2H6/c1-4-3-6(9)10-5(2)7(4)8;1-2/h3H,1-2H3;1-2H3. The van der Waals surface area contributed by atoms with Gasteiger partial charge in [0.05, 0.1) is 10.7 Å². The van der Waals surface area contributed by atoms with Gasteiger partial charge in [-0.15, -0.1) is 0 Å². The van der Waals surface area contributed by atoms with Crippen molar-refractivity contribution < 1.29 is 4.39 Å². The van der Waals surface area contributed by atoms with E-state index in [0.29, 0.717) is 10.7 Å². The molecule has 0 fully saturated rings. The van der Waals surface area contributed by atoms with Crippen molar-refractivity contribution in [1.82, 2.24) is 4.98 Å². The Bertz CT molecular complexity index is 238. The Labute approximate surface area is 77.6 Å². The second kappa shape index (κ2) is 5.09. The van der Waals surface area contributed by atoms with Crippen LogP contribution in [0, 0.1) is 19.8 Å². The van der Waals surface area contributed by atoms with Gasteiger partial charge in [0.25, 0.3) is 0 Å². The molecule has 68 valence electrons. The highest BCUT2D eigenvalue weighted by molar-refractivity contribution is 6.31. The van der Waals surface area contributed by atoms with Crippen LogP contribution in [0.1, 0.15) is 25.1 Å². The second-order valence-electron chi connectivity index (χ2n) is 2.16. The number of aryl methyl sites for hydroxylation is 2. The molecular weight excluding hydrogens is 177 g/mol. The summed E-state index contributed by atoms with van der Waals surface area (Å²) in [5.41, 5.74) is 1.27. The van der Waals surface area contributed by atoms with E-state index in [1.165, 1.54) is 6.07 Å². The highest BCUT2D eigenvalue weighted by Gasteiger charge is 2.02. The Hall–Kier alpha value is -0.630. The molecule has 1 nitrogen and oxygen atoms in total. The van der Waals surface area contributed by atoms with Crippen molar-refractivity contribution in [2.45, 2.75) is 27.7 Å². The molecule has 0 bridgehead atoms. The zero-order valence-electron chi connectivity index (χ0n) is 7.78. The van der Waals surface area contributed by atoms with Gasteiger partial charge in [-0.3, -0.25) is 0 Å². The van der Waals surface area contributed by atoms with E-state index < -0.39 is 5.95 Å². The van der Waals surface area contributed by atoms with Gasteiger partial charge in [-0.2, -0.15) is 4.39 Å². The average molecular weight is 190 g/mol. The molecule has 0 aromatic carbocycles. The lowest BCUT2D eigenvalue weighted by Gasteiger charge is -1.99. The number of hydrogen-bond acceptors (Lipinski definition) is 1. The largest absolute Gasteiger partial charge is 0.224 e.